The molecule has 5 rings (SSSR count). The monoisotopic (exact) mass is 441 g/mol. The van der Waals surface area contributed by atoms with Gasteiger partial charge in [-0.2, -0.15) is 0 Å². The Hall–Kier alpha value is -3.93. The number of carbonyl (C=O) groups excluding carboxylic acids is 2. The summed E-state index contributed by atoms with van der Waals surface area (Å²) in [6, 6.07) is 25.3. The Morgan fingerprint density at radius 2 is 1.70 bits per heavy atom. The van der Waals surface area contributed by atoms with Crippen LogP contribution >= 0.6 is 0 Å². The summed E-state index contributed by atoms with van der Waals surface area (Å²) in [5.74, 6) is -0.930. The number of fused-ring (bicyclic) bond motifs is 1. The van der Waals surface area contributed by atoms with Crippen molar-refractivity contribution in [2.75, 3.05) is 18.5 Å². The fourth-order valence-electron chi connectivity index (χ4n) is 4.58. The van der Waals surface area contributed by atoms with E-state index >= 15 is 0 Å². The number of nitrogens with zero attached hydrogens (tertiary/aromatic N) is 3. The maximum absolute atomic E-state index is 14.3. The molecule has 6 heteroatoms. The first-order valence-electron chi connectivity index (χ1n) is 11.0. The highest BCUT2D eigenvalue weighted by atomic mass is 19.1. The Morgan fingerprint density at radius 1 is 1.00 bits per heavy atom. The van der Waals surface area contributed by atoms with Crippen molar-refractivity contribution in [1.29, 1.82) is 0 Å². The van der Waals surface area contributed by atoms with Gasteiger partial charge >= 0.3 is 0 Å². The van der Waals surface area contributed by atoms with Crippen molar-refractivity contribution in [2.45, 2.75) is 19.0 Å². The Bertz CT molecular complexity index is 1330. The number of rotatable bonds is 5. The number of hydrogen-bond acceptors (Lipinski definition) is 2. The molecule has 0 N–H and O–H groups in total. The van der Waals surface area contributed by atoms with Crippen LogP contribution in [0.1, 0.15) is 22.5 Å². The van der Waals surface area contributed by atoms with Gasteiger partial charge in [0.1, 0.15) is 17.6 Å². The molecule has 5 nitrogen and oxygen atoms in total. The second-order valence-corrected chi connectivity index (χ2v) is 8.32. The second-order valence-electron chi connectivity index (χ2n) is 8.32. The molecular weight excluding hydrogens is 417 g/mol. The van der Waals surface area contributed by atoms with E-state index in [9.17, 15) is 14.0 Å². The van der Waals surface area contributed by atoms with Crippen LogP contribution in [0.5, 0.6) is 0 Å². The van der Waals surface area contributed by atoms with Crippen LogP contribution in [0.15, 0.2) is 84.9 Å². The zero-order valence-corrected chi connectivity index (χ0v) is 18.3. The van der Waals surface area contributed by atoms with E-state index in [1.807, 2.05) is 65.2 Å². The Labute approximate surface area is 191 Å². The number of halogens is 1. The highest BCUT2D eigenvalue weighted by Crippen LogP contribution is 2.28. The van der Waals surface area contributed by atoms with Crippen molar-refractivity contribution >= 4 is 28.4 Å². The Morgan fingerprint density at radius 3 is 2.48 bits per heavy atom. The summed E-state index contributed by atoms with van der Waals surface area (Å²) in [5.41, 5.74) is 2.82. The van der Waals surface area contributed by atoms with Gasteiger partial charge in [-0.3, -0.25) is 9.59 Å². The van der Waals surface area contributed by atoms with Gasteiger partial charge in [0.05, 0.1) is 5.69 Å². The zero-order chi connectivity index (χ0) is 22.9. The minimum Gasteiger partial charge on any atom is -0.332 e. The number of carbonyl (C=O) groups is 2. The van der Waals surface area contributed by atoms with Crippen molar-refractivity contribution < 1.29 is 14.0 Å². The smallest absolute Gasteiger partial charge is 0.270 e. The van der Waals surface area contributed by atoms with Gasteiger partial charge < -0.3 is 14.4 Å². The van der Waals surface area contributed by atoms with Crippen LogP contribution in [0.4, 0.5) is 10.1 Å². The zero-order valence-electron chi connectivity index (χ0n) is 18.3. The lowest BCUT2D eigenvalue weighted by molar-refractivity contribution is -0.120. The molecule has 166 valence electrons. The van der Waals surface area contributed by atoms with Crippen LogP contribution in [-0.4, -0.2) is 40.9 Å². The first kappa shape index (κ1) is 20.9. The molecule has 3 aromatic carbocycles. The standard InChI is InChI=1S/C27H24FN3O2/c1-29(24-15-16-30(27(24)33)23-14-8-6-12-21(23)28)26(32)25-17-20-11-5-7-13-22(20)31(25)18-19-9-3-2-4-10-19/h2-14,17,24H,15-16,18H2,1H3. The highest BCUT2D eigenvalue weighted by molar-refractivity contribution is 6.05. The largest absolute Gasteiger partial charge is 0.332 e. The van der Waals surface area contributed by atoms with Crippen LogP contribution in [-0.2, 0) is 11.3 Å². The number of aromatic nitrogens is 1. The maximum Gasteiger partial charge on any atom is 0.270 e. The average molecular weight is 442 g/mol. The lowest BCUT2D eigenvalue weighted by Crippen LogP contribution is -2.43. The number of hydrogen-bond donors (Lipinski definition) is 0. The number of anilines is 1. The van der Waals surface area contributed by atoms with Crippen LogP contribution in [0.2, 0.25) is 0 Å². The van der Waals surface area contributed by atoms with E-state index in [4.69, 9.17) is 0 Å². The van der Waals surface area contributed by atoms with Gasteiger partial charge in [0.25, 0.3) is 5.91 Å². The van der Waals surface area contributed by atoms with Crippen molar-refractivity contribution in [2.24, 2.45) is 0 Å². The third kappa shape index (κ3) is 3.78. The summed E-state index contributed by atoms with van der Waals surface area (Å²) < 4.78 is 16.3. The van der Waals surface area contributed by atoms with Gasteiger partial charge in [-0.05, 0) is 36.2 Å². The van der Waals surface area contributed by atoms with Crippen molar-refractivity contribution in [3.05, 3.63) is 102 Å². The van der Waals surface area contributed by atoms with Gasteiger partial charge in [-0.15, -0.1) is 0 Å². The molecule has 33 heavy (non-hydrogen) atoms. The normalized spacial score (nSPS) is 15.9. The molecule has 4 aromatic rings. The molecule has 1 fully saturated rings. The second kappa shape index (κ2) is 8.54. The van der Waals surface area contributed by atoms with Crippen LogP contribution in [0, 0.1) is 5.82 Å². The summed E-state index contributed by atoms with van der Waals surface area (Å²) in [7, 11) is 1.65. The third-order valence-electron chi connectivity index (χ3n) is 6.32. The Kier molecular flexibility index (Phi) is 5.42. The molecule has 0 bridgehead atoms. The number of likely N-dealkylation sites (N-methyl/N-ethyl adjacent to an activating group) is 1. The van der Waals surface area contributed by atoms with Crippen LogP contribution in [0.25, 0.3) is 10.9 Å². The molecule has 1 aromatic heterocycles. The maximum atomic E-state index is 14.3. The molecule has 0 radical (unpaired) electrons. The molecule has 1 aliphatic rings. The number of benzene rings is 3. The topological polar surface area (TPSA) is 45.6 Å². The van der Waals surface area contributed by atoms with Gasteiger partial charge in [0, 0.05) is 31.0 Å². The molecule has 1 unspecified atom stereocenters. The minimum atomic E-state index is -0.639. The van der Waals surface area contributed by atoms with Gasteiger partial charge in [-0.25, -0.2) is 4.39 Å². The van der Waals surface area contributed by atoms with Crippen LogP contribution < -0.4 is 4.90 Å². The summed E-state index contributed by atoms with van der Waals surface area (Å²) in [5, 5.41) is 0.968. The average Bonchev–Trinajstić information content (AvgIpc) is 3.40. The molecule has 1 saturated heterocycles. The fraction of sp³-hybridized carbons (Fsp3) is 0.185. The van der Waals surface area contributed by atoms with E-state index in [0.717, 1.165) is 16.5 Å². The Balaban J connectivity index is 1.46. The van der Waals surface area contributed by atoms with E-state index in [1.165, 1.54) is 15.9 Å². The molecule has 0 saturated carbocycles. The van der Waals surface area contributed by atoms with E-state index in [1.54, 1.807) is 25.2 Å². The number of para-hydroxylation sites is 2. The predicted molar refractivity (Wildman–Crippen MR) is 127 cm³/mol. The fourth-order valence-corrected chi connectivity index (χ4v) is 4.58. The quantitative estimate of drug-likeness (QED) is 0.450. The van der Waals surface area contributed by atoms with E-state index in [-0.39, 0.29) is 17.5 Å². The molecule has 1 aliphatic heterocycles. The van der Waals surface area contributed by atoms with E-state index in [2.05, 4.69) is 0 Å². The lowest BCUT2D eigenvalue weighted by atomic mass is 10.2. The SMILES string of the molecule is CN(C(=O)c1cc2ccccc2n1Cc1ccccc1)C1CCN(c2ccccc2F)C1=O. The van der Waals surface area contributed by atoms with Gasteiger partial charge in [0.15, 0.2) is 0 Å². The summed E-state index contributed by atoms with van der Waals surface area (Å²) in [6.45, 7) is 0.915. The molecule has 2 heterocycles. The lowest BCUT2D eigenvalue weighted by Gasteiger charge is -2.25. The first-order valence-corrected chi connectivity index (χ1v) is 11.0. The first-order chi connectivity index (χ1) is 16.0. The third-order valence-corrected chi connectivity index (χ3v) is 6.32. The van der Waals surface area contributed by atoms with Crippen molar-refractivity contribution in [1.82, 2.24) is 9.47 Å². The molecule has 0 spiro atoms. The van der Waals surface area contributed by atoms with Crippen molar-refractivity contribution in [3.63, 3.8) is 0 Å². The summed E-state index contributed by atoms with van der Waals surface area (Å²) >= 11 is 0. The minimum absolute atomic E-state index is 0.226. The number of amides is 2. The van der Waals surface area contributed by atoms with Crippen molar-refractivity contribution in [3.8, 4) is 0 Å². The van der Waals surface area contributed by atoms with Gasteiger partial charge in [0.2, 0.25) is 5.91 Å². The van der Waals surface area contributed by atoms with Crippen LogP contribution in [0.3, 0.4) is 0 Å². The molecule has 1 atom stereocenters. The molecular formula is C27H24FN3O2. The molecule has 0 aliphatic carbocycles. The summed E-state index contributed by atoms with van der Waals surface area (Å²) in [4.78, 5) is 29.7. The summed E-state index contributed by atoms with van der Waals surface area (Å²) in [6.07, 6.45) is 0.453. The highest BCUT2D eigenvalue weighted by Gasteiger charge is 2.38. The van der Waals surface area contributed by atoms with E-state index in [0.29, 0.717) is 25.2 Å². The van der Waals surface area contributed by atoms with E-state index < -0.39 is 11.9 Å². The molecule has 2 amide bonds. The predicted octanol–water partition coefficient (Wildman–Crippen LogP) is 4.71. The van der Waals surface area contributed by atoms with Gasteiger partial charge in [-0.1, -0.05) is 60.7 Å².